The Labute approximate surface area is 292 Å². The van der Waals surface area contributed by atoms with E-state index in [-0.39, 0.29) is 0 Å². The van der Waals surface area contributed by atoms with Crippen molar-refractivity contribution in [2.75, 3.05) is 4.90 Å². The summed E-state index contributed by atoms with van der Waals surface area (Å²) in [6.07, 6.45) is 3.71. The third kappa shape index (κ3) is 5.41. The second kappa shape index (κ2) is 12.7. The Kier molecular flexibility index (Phi) is 7.49. The van der Waals surface area contributed by atoms with Crippen molar-refractivity contribution in [3.05, 3.63) is 200 Å². The van der Waals surface area contributed by atoms with E-state index in [9.17, 15) is 0 Å². The van der Waals surface area contributed by atoms with Gasteiger partial charge in [0.2, 0.25) is 0 Å². The largest absolute Gasteiger partial charge is 0.311 e. The Morgan fingerprint density at radius 3 is 1.22 bits per heavy atom. The number of benzene rings is 7. The second-order valence-electron chi connectivity index (χ2n) is 12.5. The van der Waals surface area contributed by atoms with Crippen molar-refractivity contribution in [2.45, 2.75) is 0 Å². The molecule has 0 saturated carbocycles. The third-order valence-electron chi connectivity index (χ3n) is 9.52. The van der Waals surface area contributed by atoms with Gasteiger partial charge in [0, 0.05) is 45.9 Å². The fourth-order valence-electron chi connectivity index (χ4n) is 7.02. The Hall–Kier alpha value is -6.71. The van der Waals surface area contributed by atoms with E-state index in [0.717, 1.165) is 33.9 Å². The van der Waals surface area contributed by atoms with Gasteiger partial charge in [-0.3, -0.25) is 4.98 Å². The maximum absolute atomic E-state index is 4.31. The van der Waals surface area contributed by atoms with Gasteiger partial charge in [0.1, 0.15) is 0 Å². The first-order valence-corrected chi connectivity index (χ1v) is 17.0. The van der Waals surface area contributed by atoms with Gasteiger partial charge in [0.15, 0.2) is 0 Å². The first-order chi connectivity index (χ1) is 24.8. The van der Waals surface area contributed by atoms with E-state index in [2.05, 4.69) is 196 Å². The fourth-order valence-corrected chi connectivity index (χ4v) is 7.02. The summed E-state index contributed by atoms with van der Waals surface area (Å²) in [6.45, 7) is 0. The zero-order valence-electron chi connectivity index (χ0n) is 27.4. The molecule has 9 aromatic rings. The van der Waals surface area contributed by atoms with Crippen LogP contribution in [-0.4, -0.2) is 9.55 Å². The van der Waals surface area contributed by atoms with Crippen LogP contribution in [0.25, 0.3) is 60.9 Å². The molecule has 0 aliphatic rings. The highest BCUT2D eigenvalue weighted by Gasteiger charge is 2.15. The summed E-state index contributed by atoms with van der Waals surface area (Å²) in [4.78, 5) is 6.63. The molecule has 0 fully saturated rings. The predicted molar refractivity (Wildman–Crippen MR) is 210 cm³/mol. The van der Waals surface area contributed by atoms with Crippen LogP contribution in [0.3, 0.4) is 0 Å². The topological polar surface area (TPSA) is 21.1 Å². The first-order valence-electron chi connectivity index (χ1n) is 17.0. The number of aromatic nitrogens is 2. The molecular formula is C47H33N3. The summed E-state index contributed by atoms with van der Waals surface area (Å²) in [5.74, 6) is 0. The molecule has 0 radical (unpaired) electrons. The lowest BCUT2D eigenvalue weighted by atomic mass is 10.0. The number of hydrogen-bond donors (Lipinski definition) is 0. The van der Waals surface area contributed by atoms with Gasteiger partial charge >= 0.3 is 0 Å². The van der Waals surface area contributed by atoms with Crippen molar-refractivity contribution in [3.8, 4) is 39.1 Å². The Morgan fingerprint density at radius 2 is 0.740 bits per heavy atom. The summed E-state index contributed by atoms with van der Waals surface area (Å²) in [6, 6.07) is 67.2. The number of anilines is 3. The molecule has 3 nitrogen and oxygen atoms in total. The molecule has 7 aromatic carbocycles. The number of fused-ring (bicyclic) bond motifs is 3. The van der Waals surface area contributed by atoms with Crippen LogP contribution in [0.2, 0.25) is 0 Å². The van der Waals surface area contributed by atoms with Gasteiger partial charge in [-0.15, -0.1) is 0 Å². The van der Waals surface area contributed by atoms with E-state index in [1.165, 1.54) is 44.1 Å². The minimum Gasteiger partial charge on any atom is -0.311 e. The van der Waals surface area contributed by atoms with E-state index >= 15 is 0 Å². The van der Waals surface area contributed by atoms with Gasteiger partial charge in [0.25, 0.3) is 0 Å². The number of rotatable bonds is 7. The summed E-state index contributed by atoms with van der Waals surface area (Å²) < 4.78 is 2.36. The molecule has 0 aliphatic carbocycles. The lowest BCUT2D eigenvalue weighted by Gasteiger charge is -2.26. The maximum Gasteiger partial charge on any atom is 0.0541 e. The van der Waals surface area contributed by atoms with E-state index in [0.29, 0.717) is 0 Å². The maximum atomic E-state index is 4.31. The van der Waals surface area contributed by atoms with Crippen LogP contribution in [0.4, 0.5) is 17.1 Å². The van der Waals surface area contributed by atoms with E-state index in [1.807, 2.05) is 18.5 Å². The number of nitrogens with zero attached hydrogens (tertiary/aromatic N) is 3. The standard InChI is InChI=1S/C47H33N3/c1-2-9-34(10-3-1)35-16-24-40(25-17-35)49(42-28-22-38(23-29-42)39-11-8-32-48-33-39)41-26-18-36(19-27-41)37-20-30-43(31-21-37)50-46-14-6-4-12-44(46)45-13-5-7-15-47(45)50/h1-33H. The summed E-state index contributed by atoms with van der Waals surface area (Å²) in [7, 11) is 0. The second-order valence-corrected chi connectivity index (χ2v) is 12.5. The van der Waals surface area contributed by atoms with Gasteiger partial charge in [-0.05, 0) is 100 Å². The van der Waals surface area contributed by atoms with E-state index in [4.69, 9.17) is 0 Å². The van der Waals surface area contributed by atoms with Gasteiger partial charge in [-0.1, -0.05) is 121 Å². The average Bonchev–Trinajstić information content (AvgIpc) is 3.54. The lowest BCUT2D eigenvalue weighted by molar-refractivity contribution is 1.18. The van der Waals surface area contributed by atoms with Gasteiger partial charge < -0.3 is 9.47 Å². The Morgan fingerprint density at radius 1 is 0.340 bits per heavy atom. The zero-order chi connectivity index (χ0) is 33.3. The van der Waals surface area contributed by atoms with Crippen molar-refractivity contribution >= 4 is 38.9 Å². The summed E-state index contributed by atoms with van der Waals surface area (Å²) in [5, 5.41) is 2.54. The highest BCUT2D eigenvalue weighted by atomic mass is 15.1. The van der Waals surface area contributed by atoms with Crippen LogP contribution in [0.15, 0.2) is 200 Å². The highest BCUT2D eigenvalue weighted by molar-refractivity contribution is 6.09. The Bertz CT molecular complexity index is 2400. The molecule has 2 heterocycles. The smallest absolute Gasteiger partial charge is 0.0541 e. The molecule has 0 atom stereocenters. The first kappa shape index (κ1) is 29.4. The quantitative estimate of drug-likeness (QED) is 0.173. The summed E-state index contributed by atoms with van der Waals surface area (Å²) in [5.41, 5.74) is 13.9. The Balaban J connectivity index is 1.05. The monoisotopic (exact) mass is 639 g/mol. The SMILES string of the molecule is c1ccc(-c2ccc(N(c3ccc(-c4ccc(-n5c6ccccc6c6ccccc65)cc4)cc3)c3ccc(-c4cccnc4)cc3)cc2)cc1. The normalized spacial score (nSPS) is 11.2. The van der Waals surface area contributed by atoms with Crippen molar-refractivity contribution < 1.29 is 0 Å². The highest BCUT2D eigenvalue weighted by Crippen LogP contribution is 2.38. The molecule has 3 heteroatoms. The third-order valence-corrected chi connectivity index (χ3v) is 9.52. The van der Waals surface area contributed by atoms with E-state index in [1.54, 1.807) is 0 Å². The number of pyridine rings is 1. The molecule has 9 rings (SSSR count). The minimum atomic E-state index is 1.09. The molecular weight excluding hydrogens is 607 g/mol. The zero-order valence-corrected chi connectivity index (χ0v) is 27.4. The molecule has 0 unspecified atom stereocenters. The van der Waals surface area contributed by atoms with Crippen molar-refractivity contribution in [3.63, 3.8) is 0 Å². The minimum absolute atomic E-state index is 1.09. The predicted octanol–water partition coefficient (Wildman–Crippen LogP) is 12.6. The molecule has 0 amide bonds. The number of para-hydroxylation sites is 2. The average molecular weight is 640 g/mol. The van der Waals surface area contributed by atoms with Crippen molar-refractivity contribution in [1.29, 1.82) is 0 Å². The van der Waals surface area contributed by atoms with Gasteiger partial charge in [0.05, 0.1) is 11.0 Å². The van der Waals surface area contributed by atoms with Crippen LogP contribution in [0.5, 0.6) is 0 Å². The lowest BCUT2D eigenvalue weighted by Crippen LogP contribution is -2.09. The molecule has 0 saturated heterocycles. The van der Waals surface area contributed by atoms with Crippen LogP contribution in [0, 0.1) is 0 Å². The van der Waals surface area contributed by atoms with Crippen LogP contribution in [0.1, 0.15) is 0 Å². The molecule has 50 heavy (non-hydrogen) atoms. The summed E-state index contributed by atoms with van der Waals surface area (Å²) >= 11 is 0. The molecule has 0 bridgehead atoms. The van der Waals surface area contributed by atoms with Crippen LogP contribution in [-0.2, 0) is 0 Å². The number of hydrogen-bond acceptors (Lipinski definition) is 2. The molecule has 2 aromatic heterocycles. The van der Waals surface area contributed by atoms with E-state index < -0.39 is 0 Å². The molecule has 0 spiro atoms. The van der Waals surface area contributed by atoms with Crippen LogP contribution >= 0.6 is 0 Å². The van der Waals surface area contributed by atoms with Gasteiger partial charge in [-0.2, -0.15) is 0 Å². The fraction of sp³-hybridized carbons (Fsp3) is 0. The van der Waals surface area contributed by atoms with Crippen LogP contribution < -0.4 is 4.90 Å². The molecule has 0 N–H and O–H groups in total. The molecule has 236 valence electrons. The van der Waals surface area contributed by atoms with Crippen molar-refractivity contribution in [1.82, 2.24) is 9.55 Å². The van der Waals surface area contributed by atoms with Crippen molar-refractivity contribution in [2.24, 2.45) is 0 Å². The van der Waals surface area contributed by atoms with Gasteiger partial charge in [-0.25, -0.2) is 0 Å². The molecule has 0 aliphatic heterocycles.